The maximum absolute atomic E-state index is 12.1. The third-order valence-corrected chi connectivity index (χ3v) is 3.52. The highest BCUT2D eigenvalue weighted by Gasteiger charge is 2.26. The predicted molar refractivity (Wildman–Crippen MR) is 77.4 cm³/mol. The molecule has 0 saturated heterocycles. The predicted octanol–water partition coefficient (Wildman–Crippen LogP) is 1.60. The first-order valence-corrected chi connectivity index (χ1v) is 7.01. The number of hydrogen-bond acceptors (Lipinski definition) is 3. The average molecular weight is 257 g/mol. The highest BCUT2D eigenvalue weighted by molar-refractivity contribution is 5.81. The molecule has 0 aromatic heterocycles. The Hall–Kier alpha value is -0.610. The number of nitrogens with one attached hydrogen (secondary N) is 1. The van der Waals surface area contributed by atoms with Crippen LogP contribution in [0.15, 0.2) is 0 Å². The first-order chi connectivity index (χ1) is 8.27. The van der Waals surface area contributed by atoms with Crippen molar-refractivity contribution >= 4 is 5.91 Å². The van der Waals surface area contributed by atoms with Crippen molar-refractivity contribution in [2.24, 2.45) is 11.1 Å². The van der Waals surface area contributed by atoms with E-state index < -0.39 is 0 Å². The highest BCUT2D eigenvalue weighted by Crippen LogP contribution is 2.16. The Morgan fingerprint density at radius 3 is 2.28 bits per heavy atom. The highest BCUT2D eigenvalue weighted by atomic mass is 16.2. The summed E-state index contributed by atoms with van der Waals surface area (Å²) < 4.78 is 0. The molecule has 4 heteroatoms. The quantitative estimate of drug-likeness (QED) is 0.694. The zero-order valence-electron chi connectivity index (χ0n) is 12.9. The summed E-state index contributed by atoms with van der Waals surface area (Å²) in [5.41, 5.74) is 5.80. The number of carbonyl (C=O) groups excluding carboxylic acids is 1. The third-order valence-electron chi connectivity index (χ3n) is 3.52. The second kappa shape index (κ2) is 7.74. The summed E-state index contributed by atoms with van der Waals surface area (Å²) in [5.74, 6) is 0.110. The summed E-state index contributed by atoms with van der Waals surface area (Å²) in [5, 5.41) is 3.04. The lowest BCUT2D eigenvalue weighted by molar-refractivity contribution is -0.126. The summed E-state index contributed by atoms with van der Waals surface area (Å²) in [4.78, 5) is 14.3. The Morgan fingerprint density at radius 2 is 1.89 bits per heavy atom. The molecule has 0 aromatic rings. The standard InChI is InChI=1S/C14H31N3O/c1-7-11(3)16-13(18)12(4)17(8-2)10-14(5,6)9-15/h11-12H,7-10,15H2,1-6H3,(H,16,18). The Morgan fingerprint density at radius 1 is 1.33 bits per heavy atom. The van der Waals surface area contributed by atoms with E-state index in [9.17, 15) is 4.79 Å². The van der Waals surface area contributed by atoms with Crippen molar-refractivity contribution in [1.82, 2.24) is 10.2 Å². The molecular weight excluding hydrogens is 226 g/mol. The molecule has 0 aromatic carbocycles. The molecule has 0 heterocycles. The van der Waals surface area contributed by atoms with E-state index in [0.717, 1.165) is 19.5 Å². The molecule has 0 fully saturated rings. The lowest BCUT2D eigenvalue weighted by atomic mass is 9.92. The molecule has 18 heavy (non-hydrogen) atoms. The van der Waals surface area contributed by atoms with Crippen molar-refractivity contribution in [3.05, 3.63) is 0 Å². The van der Waals surface area contributed by atoms with Crippen molar-refractivity contribution in [3.8, 4) is 0 Å². The van der Waals surface area contributed by atoms with Gasteiger partial charge in [-0.15, -0.1) is 0 Å². The maximum Gasteiger partial charge on any atom is 0.237 e. The number of hydrogen-bond donors (Lipinski definition) is 2. The van der Waals surface area contributed by atoms with Crippen LogP contribution in [-0.4, -0.2) is 42.5 Å². The number of carbonyl (C=O) groups is 1. The molecule has 2 unspecified atom stereocenters. The van der Waals surface area contributed by atoms with Crippen LogP contribution in [0.1, 0.15) is 48.0 Å². The van der Waals surface area contributed by atoms with Gasteiger partial charge in [0, 0.05) is 12.6 Å². The van der Waals surface area contributed by atoms with Gasteiger partial charge in [-0.3, -0.25) is 9.69 Å². The number of nitrogens with zero attached hydrogens (tertiary/aromatic N) is 1. The Balaban J connectivity index is 4.51. The van der Waals surface area contributed by atoms with Crippen LogP contribution in [0.3, 0.4) is 0 Å². The van der Waals surface area contributed by atoms with Gasteiger partial charge in [-0.1, -0.05) is 27.7 Å². The van der Waals surface area contributed by atoms with Crippen LogP contribution in [0, 0.1) is 5.41 Å². The van der Waals surface area contributed by atoms with Gasteiger partial charge in [0.25, 0.3) is 0 Å². The van der Waals surface area contributed by atoms with E-state index in [2.05, 4.69) is 37.9 Å². The van der Waals surface area contributed by atoms with Gasteiger partial charge < -0.3 is 11.1 Å². The number of nitrogens with two attached hydrogens (primary N) is 1. The van der Waals surface area contributed by atoms with Crippen molar-refractivity contribution in [3.63, 3.8) is 0 Å². The normalized spacial score (nSPS) is 15.6. The fraction of sp³-hybridized carbons (Fsp3) is 0.929. The van der Waals surface area contributed by atoms with Gasteiger partial charge in [0.05, 0.1) is 6.04 Å². The smallest absolute Gasteiger partial charge is 0.237 e. The van der Waals surface area contributed by atoms with Gasteiger partial charge in [-0.2, -0.15) is 0 Å². The van der Waals surface area contributed by atoms with Crippen LogP contribution in [0.25, 0.3) is 0 Å². The monoisotopic (exact) mass is 257 g/mol. The second-order valence-electron chi connectivity index (χ2n) is 5.93. The Labute approximate surface area is 112 Å². The van der Waals surface area contributed by atoms with E-state index in [1.54, 1.807) is 0 Å². The van der Waals surface area contributed by atoms with Gasteiger partial charge in [0.15, 0.2) is 0 Å². The van der Waals surface area contributed by atoms with Gasteiger partial charge in [-0.05, 0) is 38.8 Å². The summed E-state index contributed by atoms with van der Waals surface area (Å²) in [6.45, 7) is 14.8. The third kappa shape index (κ3) is 5.83. The molecule has 0 spiro atoms. The number of likely N-dealkylation sites (N-methyl/N-ethyl adjacent to an activating group) is 1. The van der Waals surface area contributed by atoms with Gasteiger partial charge >= 0.3 is 0 Å². The summed E-state index contributed by atoms with van der Waals surface area (Å²) in [6, 6.07) is 0.135. The molecule has 108 valence electrons. The molecule has 0 aliphatic carbocycles. The molecule has 1 amide bonds. The summed E-state index contributed by atoms with van der Waals surface area (Å²) in [6.07, 6.45) is 0.957. The lowest BCUT2D eigenvalue weighted by Crippen LogP contribution is -2.50. The van der Waals surface area contributed by atoms with E-state index >= 15 is 0 Å². The van der Waals surface area contributed by atoms with Crippen LogP contribution in [0.2, 0.25) is 0 Å². The fourth-order valence-electron chi connectivity index (χ4n) is 1.77. The zero-order valence-corrected chi connectivity index (χ0v) is 12.9. The van der Waals surface area contributed by atoms with Crippen LogP contribution in [0.5, 0.6) is 0 Å². The van der Waals surface area contributed by atoms with E-state index in [-0.39, 0.29) is 23.4 Å². The molecule has 0 radical (unpaired) electrons. The van der Waals surface area contributed by atoms with E-state index in [1.165, 1.54) is 0 Å². The SMILES string of the molecule is CCC(C)NC(=O)C(C)N(CC)CC(C)(C)CN. The van der Waals surface area contributed by atoms with Crippen molar-refractivity contribution < 1.29 is 4.79 Å². The van der Waals surface area contributed by atoms with Crippen molar-refractivity contribution in [1.29, 1.82) is 0 Å². The lowest BCUT2D eigenvalue weighted by Gasteiger charge is -2.34. The molecule has 0 aliphatic rings. The largest absolute Gasteiger partial charge is 0.352 e. The van der Waals surface area contributed by atoms with Crippen LogP contribution >= 0.6 is 0 Å². The number of rotatable bonds is 8. The first-order valence-electron chi connectivity index (χ1n) is 7.01. The first kappa shape index (κ1) is 17.4. The van der Waals surface area contributed by atoms with Crippen molar-refractivity contribution in [2.75, 3.05) is 19.6 Å². The Kier molecular flexibility index (Phi) is 7.48. The molecule has 0 aliphatic heterocycles. The molecule has 3 N–H and O–H groups in total. The van der Waals surface area contributed by atoms with Crippen LogP contribution in [-0.2, 0) is 4.79 Å². The fourth-order valence-corrected chi connectivity index (χ4v) is 1.77. The molecule has 4 nitrogen and oxygen atoms in total. The minimum absolute atomic E-state index is 0.0426. The van der Waals surface area contributed by atoms with Gasteiger partial charge in [-0.25, -0.2) is 0 Å². The van der Waals surface area contributed by atoms with Gasteiger partial charge in [0.2, 0.25) is 5.91 Å². The van der Waals surface area contributed by atoms with Crippen LogP contribution < -0.4 is 11.1 Å². The zero-order chi connectivity index (χ0) is 14.3. The minimum Gasteiger partial charge on any atom is -0.352 e. The molecule has 0 bridgehead atoms. The molecule has 0 saturated carbocycles. The average Bonchev–Trinajstić information content (AvgIpc) is 2.34. The summed E-state index contributed by atoms with van der Waals surface area (Å²) in [7, 11) is 0. The van der Waals surface area contributed by atoms with Crippen molar-refractivity contribution in [2.45, 2.75) is 60.0 Å². The Bertz CT molecular complexity index is 253. The summed E-state index contributed by atoms with van der Waals surface area (Å²) >= 11 is 0. The molecule has 2 atom stereocenters. The van der Waals surface area contributed by atoms with Gasteiger partial charge in [0.1, 0.15) is 0 Å². The van der Waals surface area contributed by atoms with Crippen LogP contribution in [0.4, 0.5) is 0 Å². The molecular formula is C14H31N3O. The van der Waals surface area contributed by atoms with E-state index in [1.807, 2.05) is 13.8 Å². The minimum atomic E-state index is -0.102. The topological polar surface area (TPSA) is 58.4 Å². The number of amides is 1. The second-order valence-corrected chi connectivity index (χ2v) is 5.93. The van der Waals surface area contributed by atoms with E-state index in [0.29, 0.717) is 6.54 Å². The van der Waals surface area contributed by atoms with E-state index in [4.69, 9.17) is 5.73 Å². The molecule has 0 rings (SSSR count). The maximum atomic E-state index is 12.1.